The van der Waals surface area contributed by atoms with E-state index in [4.69, 9.17) is 4.74 Å². The van der Waals surface area contributed by atoms with Crippen LogP contribution in [0.3, 0.4) is 0 Å². The fourth-order valence-electron chi connectivity index (χ4n) is 1.64. The fraction of sp³-hybridized carbons (Fsp3) is 0.400. The standard InChI is InChI=1S/C15H21N3O6S/c1-10(2)18(4)25(22,23)13-7-5-6-12(8-13)15(21)24-9-14(20)17-16-11(3)19/h5-8,10H,9H2,1-4H3,(H,16,19)(H,17,20). The first-order valence-corrected chi connectivity index (χ1v) is 8.80. The summed E-state index contributed by atoms with van der Waals surface area (Å²) in [7, 11) is -2.30. The molecule has 2 amide bonds. The summed E-state index contributed by atoms with van der Waals surface area (Å²) < 4.78 is 30.8. The predicted octanol–water partition coefficient (Wildman–Crippen LogP) is 0.0396. The van der Waals surface area contributed by atoms with Gasteiger partial charge in [-0.25, -0.2) is 13.2 Å². The van der Waals surface area contributed by atoms with Crippen LogP contribution in [0, 0.1) is 0 Å². The molecule has 0 atom stereocenters. The molecule has 9 nitrogen and oxygen atoms in total. The Balaban J connectivity index is 2.82. The van der Waals surface area contributed by atoms with Crippen molar-refractivity contribution in [2.75, 3.05) is 13.7 Å². The monoisotopic (exact) mass is 371 g/mol. The second kappa shape index (κ2) is 8.58. The number of nitrogens with one attached hydrogen (secondary N) is 2. The van der Waals surface area contributed by atoms with Gasteiger partial charge in [0.2, 0.25) is 15.9 Å². The molecule has 0 spiro atoms. The lowest BCUT2D eigenvalue weighted by Crippen LogP contribution is -2.42. The van der Waals surface area contributed by atoms with Crippen LogP contribution in [0.4, 0.5) is 0 Å². The highest BCUT2D eigenvalue weighted by molar-refractivity contribution is 7.89. The first-order valence-electron chi connectivity index (χ1n) is 7.36. The largest absolute Gasteiger partial charge is 0.452 e. The highest BCUT2D eigenvalue weighted by atomic mass is 32.2. The fourth-order valence-corrected chi connectivity index (χ4v) is 3.05. The number of rotatable bonds is 6. The molecule has 0 heterocycles. The van der Waals surface area contributed by atoms with E-state index < -0.39 is 34.4 Å². The number of sulfonamides is 1. The Labute approximate surface area is 146 Å². The third kappa shape index (κ3) is 5.84. The Morgan fingerprint density at radius 2 is 1.84 bits per heavy atom. The Morgan fingerprint density at radius 1 is 1.20 bits per heavy atom. The molecule has 0 saturated carbocycles. The maximum atomic E-state index is 12.4. The van der Waals surface area contributed by atoms with Gasteiger partial charge in [0.25, 0.3) is 5.91 Å². The number of ether oxygens (including phenoxy) is 1. The molecule has 0 aliphatic rings. The molecule has 10 heteroatoms. The number of hydrogen-bond donors (Lipinski definition) is 2. The van der Waals surface area contributed by atoms with Gasteiger partial charge in [-0.05, 0) is 32.0 Å². The van der Waals surface area contributed by atoms with Crippen LogP contribution in [0.15, 0.2) is 29.2 Å². The maximum absolute atomic E-state index is 12.4. The summed E-state index contributed by atoms with van der Waals surface area (Å²) in [6, 6.07) is 5.09. The van der Waals surface area contributed by atoms with Gasteiger partial charge in [0.1, 0.15) is 0 Å². The van der Waals surface area contributed by atoms with Gasteiger partial charge in [-0.2, -0.15) is 4.31 Å². The van der Waals surface area contributed by atoms with Crippen molar-refractivity contribution < 1.29 is 27.5 Å². The summed E-state index contributed by atoms with van der Waals surface area (Å²) in [5, 5.41) is 0. The summed E-state index contributed by atoms with van der Waals surface area (Å²) in [5.41, 5.74) is 4.07. The lowest BCUT2D eigenvalue weighted by molar-refractivity contribution is -0.129. The topological polar surface area (TPSA) is 122 Å². The number of hydrazine groups is 1. The van der Waals surface area contributed by atoms with Crippen molar-refractivity contribution >= 4 is 27.8 Å². The lowest BCUT2D eigenvalue weighted by atomic mass is 10.2. The average Bonchev–Trinajstić information content (AvgIpc) is 2.56. The van der Waals surface area contributed by atoms with E-state index in [1.54, 1.807) is 13.8 Å². The van der Waals surface area contributed by atoms with Crippen molar-refractivity contribution in [3.8, 4) is 0 Å². The first kappa shape index (κ1) is 20.6. The van der Waals surface area contributed by atoms with Gasteiger partial charge < -0.3 is 4.74 Å². The van der Waals surface area contributed by atoms with Crippen molar-refractivity contribution in [1.82, 2.24) is 15.2 Å². The SMILES string of the molecule is CC(=O)NNC(=O)COC(=O)c1cccc(S(=O)(=O)N(C)C(C)C)c1. The normalized spacial score (nSPS) is 11.3. The predicted molar refractivity (Wildman–Crippen MR) is 88.8 cm³/mol. The molecule has 0 fully saturated rings. The quantitative estimate of drug-likeness (QED) is 0.538. The number of esters is 1. The second-order valence-electron chi connectivity index (χ2n) is 5.45. The van der Waals surface area contributed by atoms with E-state index in [0.717, 1.165) is 0 Å². The Bertz CT molecular complexity index is 760. The summed E-state index contributed by atoms with van der Waals surface area (Å²) in [6.07, 6.45) is 0. The Morgan fingerprint density at radius 3 is 2.40 bits per heavy atom. The van der Waals surface area contributed by atoms with Crippen molar-refractivity contribution in [2.45, 2.75) is 31.7 Å². The average molecular weight is 371 g/mol. The number of nitrogens with zero attached hydrogens (tertiary/aromatic N) is 1. The van der Waals surface area contributed by atoms with E-state index in [1.165, 1.54) is 42.5 Å². The molecule has 0 aliphatic carbocycles. The molecular weight excluding hydrogens is 350 g/mol. The molecule has 0 aliphatic heterocycles. The zero-order valence-corrected chi connectivity index (χ0v) is 15.2. The highest BCUT2D eigenvalue weighted by Gasteiger charge is 2.24. The smallest absolute Gasteiger partial charge is 0.338 e. The summed E-state index contributed by atoms with van der Waals surface area (Å²) >= 11 is 0. The summed E-state index contributed by atoms with van der Waals surface area (Å²) in [6.45, 7) is 4.03. The number of carbonyl (C=O) groups is 3. The molecule has 2 N–H and O–H groups in total. The maximum Gasteiger partial charge on any atom is 0.338 e. The zero-order chi connectivity index (χ0) is 19.2. The number of amides is 2. The second-order valence-corrected chi connectivity index (χ2v) is 7.45. The van der Waals surface area contributed by atoms with Gasteiger partial charge >= 0.3 is 5.97 Å². The van der Waals surface area contributed by atoms with E-state index in [2.05, 4.69) is 0 Å². The Kier molecular flexibility index (Phi) is 7.07. The van der Waals surface area contributed by atoms with Crippen LogP contribution in [0.5, 0.6) is 0 Å². The number of benzene rings is 1. The minimum absolute atomic E-state index is 0.00874. The van der Waals surface area contributed by atoms with Gasteiger partial charge in [-0.15, -0.1) is 0 Å². The van der Waals surface area contributed by atoms with Crippen molar-refractivity contribution in [2.24, 2.45) is 0 Å². The van der Waals surface area contributed by atoms with Crippen LogP contribution in [-0.4, -0.2) is 50.2 Å². The van der Waals surface area contributed by atoms with Crippen molar-refractivity contribution in [3.05, 3.63) is 29.8 Å². The first-order chi connectivity index (χ1) is 11.6. The van der Waals surface area contributed by atoms with Crippen molar-refractivity contribution in [1.29, 1.82) is 0 Å². The van der Waals surface area contributed by atoms with Crippen LogP contribution >= 0.6 is 0 Å². The third-order valence-electron chi connectivity index (χ3n) is 3.19. The van der Waals surface area contributed by atoms with Crippen LogP contribution in [0.1, 0.15) is 31.1 Å². The van der Waals surface area contributed by atoms with E-state index in [-0.39, 0.29) is 16.5 Å². The van der Waals surface area contributed by atoms with Crippen molar-refractivity contribution in [3.63, 3.8) is 0 Å². The lowest BCUT2D eigenvalue weighted by Gasteiger charge is -2.21. The summed E-state index contributed by atoms with van der Waals surface area (Å²) in [5.74, 6) is -2.07. The molecule has 138 valence electrons. The number of hydrogen-bond acceptors (Lipinski definition) is 6. The molecule has 0 bridgehead atoms. The van der Waals surface area contributed by atoms with Gasteiger partial charge in [-0.3, -0.25) is 20.4 Å². The van der Waals surface area contributed by atoms with Gasteiger partial charge in [0.15, 0.2) is 6.61 Å². The van der Waals surface area contributed by atoms with Gasteiger partial charge in [0.05, 0.1) is 10.5 Å². The highest BCUT2D eigenvalue weighted by Crippen LogP contribution is 2.18. The molecule has 1 rings (SSSR count). The van der Waals surface area contributed by atoms with E-state index >= 15 is 0 Å². The molecule has 1 aromatic rings. The van der Waals surface area contributed by atoms with E-state index in [1.807, 2.05) is 10.9 Å². The minimum atomic E-state index is -3.74. The summed E-state index contributed by atoms with van der Waals surface area (Å²) in [4.78, 5) is 33.9. The number of carbonyl (C=O) groups excluding carboxylic acids is 3. The van der Waals surface area contributed by atoms with Crippen LogP contribution in [0.25, 0.3) is 0 Å². The molecule has 0 unspecified atom stereocenters. The van der Waals surface area contributed by atoms with Crippen LogP contribution in [0.2, 0.25) is 0 Å². The molecule has 25 heavy (non-hydrogen) atoms. The van der Waals surface area contributed by atoms with Gasteiger partial charge in [0, 0.05) is 20.0 Å². The van der Waals surface area contributed by atoms with Crippen LogP contribution in [-0.2, 0) is 24.3 Å². The minimum Gasteiger partial charge on any atom is -0.452 e. The van der Waals surface area contributed by atoms with Gasteiger partial charge in [-0.1, -0.05) is 6.07 Å². The molecule has 0 aromatic heterocycles. The zero-order valence-electron chi connectivity index (χ0n) is 14.4. The Hall–Kier alpha value is -2.46. The third-order valence-corrected chi connectivity index (χ3v) is 5.22. The van der Waals surface area contributed by atoms with Crippen LogP contribution < -0.4 is 10.9 Å². The van der Waals surface area contributed by atoms with E-state index in [9.17, 15) is 22.8 Å². The molecular formula is C15H21N3O6S. The molecule has 0 saturated heterocycles. The molecule has 1 aromatic carbocycles. The molecule has 0 radical (unpaired) electrons. The van der Waals surface area contributed by atoms with E-state index in [0.29, 0.717) is 0 Å².